The molecule has 1 aromatic carbocycles. The van der Waals surface area contributed by atoms with E-state index in [4.69, 9.17) is 0 Å². The first-order chi connectivity index (χ1) is 11.7. The zero-order valence-electron chi connectivity index (χ0n) is 14.1. The second-order valence-electron chi connectivity index (χ2n) is 6.44. The van der Waals surface area contributed by atoms with Crippen LogP contribution in [-0.2, 0) is 6.54 Å². The minimum atomic E-state index is -0.175. The number of nitrogens with one attached hydrogen (secondary N) is 2. The van der Waals surface area contributed by atoms with Crippen LogP contribution >= 0.6 is 0 Å². The molecule has 1 saturated carbocycles. The summed E-state index contributed by atoms with van der Waals surface area (Å²) in [6, 6.07) is 10.3. The third-order valence-electron chi connectivity index (χ3n) is 4.39. The van der Waals surface area contributed by atoms with Gasteiger partial charge in [0.1, 0.15) is 17.8 Å². The Hall–Kier alpha value is -2.43. The van der Waals surface area contributed by atoms with Gasteiger partial charge in [0.25, 0.3) is 5.91 Å². The van der Waals surface area contributed by atoms with E-state index in [2.05, 4.69) is 26.7 Å². The van der Waals surface area contributed by atoms with Crippen LogP contribution in [0.3, 0.4) is 0 Å². The van der Waals surface area contributed by atoms with Gasteiger partial charge in [0.15, 0.2) is 0 Å². The normalized spacial score (nSPS) is 15.0. The third-order valence-corrected chi connectivity index (χ3v) is 4.39. The van der Waals surface area contributed by atoms with Crippen LogP contribution in [0.15, 0.2) is 36.7 Å². The molecule has 2 N–H and O–H groups in total. The van der Waals surface area contributed by atoms with Crippen LogP contribution in [0.2, 0.25) is 0 Å². The van der Waals surface area contributed by atoms with Gasteiger partial charge in [0.05, 0.1) is 0 Å². The van der Waals surface area contributed by atoms with Crippen LogP contribution < -0.4 is 10.6 Å². The molecular formula is C19H24N4O. The summed E-state index contributed by atoms with van der Waals surface area (Å²) in [5.41, 5.74) is 2.66. The summed E-state index contributed by atoms with van der Waals surface area (Å²) in [7, 11) is 0. The largest absolute Gasteiger partial charge is 0.367 e. The number of aryl methyl sites for hydroxylation is 1. The molecule has 2 aromatic rings. The summed E-state index contributed by atoms with van der Waals surface area (Å²) < 4.78 is 0. The van der Waals surface area contributed by atoms with E-state index in [9.17, 15) is 4.79 Å². The highest BCUT2D eigenvalue weighted by Gasteiger charge is 2.15. The molecule has 24 heavy (non-hydrogen) atoms. The van der Waals surface area contributed by atoms with Crippen molar-refractivity contribution in [3.63, 3.8) is 0 Å². The van der Waals surface area contributed by atoms with Gasteiger partial charge in [-0.3, -0.25) is 4.79 Å². The molecule has 1 aliphatic carbocycles. The molecule has 1 amide bonds. The molecule has 5 nitrogen and oxygen atoms in total. The Morgan fingerprint density at radius 1 is 1.17 bits per heavy atom. The predicted molar refractivity (Wildman–Crippen MR) is 94.9 cm³/mol. The number of benzene rings is 1. The van der Waals surface area contributed by atoms with Crippen LogP contribution in [0.25, 0.3) is 0 Å². The van der Waals surface area contributed by atoms with E-state index in [0.717, 1.165) is 11.4 Å². The topological polar surface area (TPSA) is 66.9 Å². The molecule has 1 aliphatic rings. The Morgan fingerprint density at radius 3 is 2.79 bits per heavy atom. The van der Waals surface area contributed by atoms with Crippen LogP contribution in [0.5, 0.6) is 0 Å². The predicted octanol–water partition coefficient (Wildman–Crippen LogP) is 3.46. The molecule has 0 spiro atoms. The van der Waals surface area contributed by atoms with Crippen molar-refractivity contribution in [3.8, 4) is 0 Å². The van der Waals surface area contributed by atoms with Crippen molar-refractivity contribution in [2.75, 3.05) is 5.32 Å². The molecule has 1 aromatic heterocycles. The Balaban J connectivity index is 1.59. The number of amides is 1. The van der Waals surface area contributed by atoms with E-state index >= 15 is 0 Å². The molecule has 5 heteroatoms. The highest BCUT2D eigenvalue weighted by Crippen LogP contribution is 2.20. The maximum Gasteiger partial charge on any atom is 0.270 e. The van der Waals surface area contributed by atoms with Crippen molar-refractivity contribution in [2.45, 2.75) is 51.6 Å². The molecule has 0 saturated heterocycles. The SMILES string of the molecule is Cc1cccc(CNC(=O)c2cc(NC3CCCCC3)ncn2)c1. The van der Waals surface area contributed by atoms with Crippen molar-refractivity contribution < 1.29 is 4.79 Å². The zero-order chi connectivity index (χ0) is 16.8. The first-order valence-corrected chi connectivity index (χ1v) is 8.63. The Morgan fingerprint density at radius 2 is 2.00 bits per heavy atom. The van der Waals surface area contributed by atoms with Gasteiger partial charge in [-0.05, 0) is 25.3 Å². The monoisotopic (exact) mass is 324 g/mol. The fourth-order valence-corrected chi connectivity index (χ4v) is 3.11. The fourth-order valence-electron chi connectivity index (χ4n) is 3.11. The number of hydrogen-bond acceptors (Lipinski definition) is 4. The molecule has 126 valence electrons. The maximum absolute atomic E-state index is 12.3. The van der Waals surface area contributed by atoms with Gasteiger partial charge < -0.3 is 10.6 Å². The molecule has 1 fully saturated rings. The number of rotatable bonds is 5. The maximum atomic E-state index is 12.3. The van der Waals surface area contributed by atoms with E-state index in [1.54, 1.807) is 6.07 Å². The Bertz CT molecular complexity index is 695. The molecule has 1 heterocycles. The van der Waals surface area contributed by atoms with Crippen molar-refractivity contribution in [1.29, 1.82) is 0 Å². The lowest BCUT2D eigenvalue weighted by Gasteiger charge is -2.23. The standard InChI is InChI=1S/C19H24N4O/c1-14-6-5-7-15(10-14)12-20-19(24)17-11-18(22-13-21-17)23-16-8-3-2-4-9-16/h5-7,10-11,13,16H,2-4,8-9,12H2,1H3,(H,20,24)(H,21,22,23). The van der Waals surface area contributed by atoms with Crippen LogP contribution in [0, 0.1) is 6.92 Å². The average molecular weight is 324 g/mol. The minimum absolute atomic E-state index is 0.175. The quantitative estimate of drug-likeness (QED) is 0.884. The number of carbonyl (C=O) groups is 1. The lowest BCUT2D eigenvalue weighted by atomic mass is 9.95. The molecule has 0 unspecified atom stereocenters. The van der Waals surface area contributed by atoms with Gasteiger partial charge in [-0.1, -0.05) is 49.1 Å². The zero-order valence-corrected chi connectivity index (χ0v) is 14.1. The van der Waals surface area contributed by atoms with Crippen molar-refractivity contribution in [2.24, 2.45) is 0 Å². The average Bonchev–Trinajstić information content (AvgIpc) is 2.61. The third kappa shape index (κ3) is 4.54. The molecule has 3 rings (SSSR count). The number of hydrogen-bond donors (Lipinski definition) is 2. The van der Waals surface area contributed by atoms with Crippen LogP contribution in [-0.4, -0.2) is 21.9 Å². The molecule has 0 radical (unpaired) electrons. The van der Waals surface area contributed by atoms with Gasteiger partial charge in [-0.2, -0.15) is 0 Å². The van der Waals surface area contributed by atoms with E-state index < -0.39 is 0 Å². The Kier molecular flexibility index (Phi) is 5.41. The van der Waals surface area contributed by atoms with Crippen molar-refractivity contribution in [1.82, 2.24) is 15.3 Å². The van der Waals surface area contributed by atoms with E-state index in [0.29, 0.717) is 18.3 Å². The first kappa shape index (κ1) is 16.4. The highest BCUT2D eigenvalue weighted by molar-refractivity contribution is 5.92. The molecular weight excluding hydrogens is 300 g/mol. The number of anilines is 1. The van der Waals surface area contributed by atoms with E-state index in [-0.39, 0.29) is 5.91 Å². The summed E-state index contributed by atoms with van der Waals surface area (Å²) in [4.78, 5) is 20.7. The molecule has 0 atom stereocenters. The second kappa shape index (κ2) is 7.90. The van der Waals surface area contributed by atoms with Gasteiger partial charge >= 0.3 is 0 Å². The lowest BCUT2D eigenvalue weighted by molar-refractivity contribution is 0.0945. The summed E-state index contributed by atoms with van der Waals surface area (Å²) in [6.07, 6.45) is 7.61. The summed E-state index contributed by atoms with van der Waals surface area (Å²) in [6.45, 7) is 2.54. The highest BCUT2D eigenvalue weighted by atomic mass is 16.1. The van der Waals surface area contributed by atoms with Gasteiger partial charge in [-0.15, -0.1) is 0 Å². The van der Waals surface area contributed by atoms with Gasteiger partial charge in [0, 0.05) is 18.7 Å². The van der Waals surface area contributed by atoms with Gasteiger partial charge in [-0.25, -0.2) is 9.97 Å². The van der Waals surface area contributed by atoms with Crippen LogP contribution in [0.1, 0.15) is 53.7 Å². The summed E-state index contributed by atoms with van der Waals surface area (Å²) in [5.74, 6) is 0.559. The van der Waals surface area contributed by atoms with Crippen molar-refractivity contribution in [3.05, 3.63) is 53.5 Å². The number of aromatic nitrogens is 2. The number of nitrogens with zero attached hydrogens (tertiary/aromatic N) is 2. The smallest absolute Gasteiger partial charge is 0.270 e. The second-order valence-corrected chi connectivity index (χ2v) is 6.44. The minimum Gasteiger partial charge on any atom is -0.367 e. The summed E-state index contributed by atoms with van der Waals surface area (Å²) in [5, 5.41) is 6.34. The Labute approximate surface area is 142 Å². The van der Waals surface area contributed by atoms with E-state index in [1.807, 2.05) is 25.1 Å². The summed E-state index contributed by atoms with van der Waals surface area (Å²) >= 11 is 0. The van der Waals surface area contributed by atoms with E-state index in [1.165, 1.54) is 44.0 Å². The fraction of sp³-hybridized carbons (Fsp3) is 0.421. The first-order valence-electron chi connectivity index (χ1n) is 8.63. The molecule has 0 aliphatic heterocycles. The van der Waals surface area contributed by atoms with Crippen molar-refractivity contribution >= 4 is 11.7 Å². The molecule has 0 bridgehead atoms. The van der Waals surface area contributed by atoms with Gasteiger partial charge in [0.2, 0.25) is 0 Å². The number of carbonyl (C=O) groups excluding carboxylic acids is 1. The van der Waals surface area contributed by atoms with Crippen LogP contribution in [0.4, 0.5) is 5.82 Å². The lowest BCUT2D eigenvalue weighted by Crippen LogP contribution is -2.25.